The van der Waals surface area contributed by atoms with E-state index in [1.54, 1.807) is 0 Å². The summed E-state index contributed by atoms with van der Waals surface area (Å²) >= 11 is 1.85. The molecule has 4 nitrogen and oxygen atoms in total. The third-order valence-corrected chi connectivity index (χ3v) is 12.9. The van der Waals surface area contributed by atoms with Crippen LogP contribution in [0.25, 0.3) is 70.8 Å². The number of para-hydroxylation sites is 2. The monoisotopic (exact) mass is 763 g/mol. The van der Waals surface area contributed by atoms with E-state index in [-0.39, 0.29) is 0 Å². The SMILES string of the molecule is C/C=C\C(=C/CC)c1nc(-c2ccc(-c3cccc4c3sc3ccccc34)cc2)nc(-c2cccc3c2-c2ccccc2C32c3ccccc3Oc3ccccc32)n1. The molecule has 9 aromatic rings. The van der Waals surface area contributed by atoms with Crippen LogP contribution >= 0.6 is 11.3 Å². The molecular weight excluding hydrogens is 727 g/mol. The Morgan fingerprint density at radius 2 is 1.17 bits per heavy atom. The van der Waals surface area contributed by atoms with Gasteiger partial charge in [0.15, 0.2) is 17.5 Å². The van der Waals surface area contributed by atoms with Gasteiger partial charge in [0.1, 0.15) is 11.5 Å². The Hall–Kier alpha value is -6.95. The van der Waals surface area contributed by atoms with Crippen LogP contribution in [0.15, 0.2) is 176 Å². The van der Waals surface area contributed by atoms with E-state index in [1.807, 2.05) is 24.3 Å². The number of aromatic nitrogens is 3. The number of fused-ring (bicyclic) bond motifs is 12. The third kappa shape index (κ3) is 5.10. The van der Waals surface area contributed by atoms with Crippen LogP contribution in [0.1, 0.15) is 48.3 Å². The van der Waals surface area contributed by atoms with Crippen molar-refractivity contribution in [3.05, 3.63) is 204 Å². The Kier molecular flexibility index (Phi) is 8.05. The van der Waals surface area contributed by atoms with Crippen molar-refractivity contribution >= 4 is 37.1 Å². The van der Waals surface area contributed by atoms with Gasteiger partial charge in [-0.15, -0.1) is 11.3 Å². The number of allylic oxidation sites excluding steroid dienone is 4. The Balaban J connectivity index is 1.11. The highest BCUT2D eigenvalue weighted by Crippen LogP contribution is 2.63. The highest BCUT2D eigenvalue weighted by molar-refractivity contribution is 7.26. The first kappa shape index (κ1) is 34.3. The normalized spacial score (nSPS) is 13.7. The summed E-state index contributed by atoms with van der Waals surface area (Å²) in [6.45, 7) is 4.18. The van der Waals surface area contributed by atoms with Gasteiger partial charge in [0.25, 0.3) is 0 Å². The molecule has 0 atom stereocenters. The third-order valence-electron chi connectivity index (χ3n) is 11.6. The van der Waals surface area contributed by atoms with Gasteiger partial charge in [0, 0.05) is 48.0 Å². The molecular formula is C53H37N3OS. The van der Waals surface area contributed by atoms with Crippen LogP contribution in [0.2, 0.25) is 0 Å². The molecule has 0 bridgehead atoms. The Bertz CT molecular complexity index is 3110. The maximum Gasteiger partial charge on any atom is 0.164 e. The number of benzene rings is 7. The topological polar surface area (TPSA) is 47.9 Å². The van der Waals surface area contributed by atoms with Crippen molar-refractivity contribution in [1.82, 2.24) is 15.0 Å². The van der Waals surface area contributed by atoms with Gasteiger partial charge in [-0.25, -0.2) is 15.0 Å². The molecule has 0 saturated heterocycles. The summed E-state index contributed by atoms with van der Waals surface area (Å²) in [5, 5.41) is 2.59. The van der Waals surface area contributed by atoms with Crippen molar-refractivity contribution in [3.63, 3.8) is 0 Å². The number of rotatable bonds is 6. The summed E-state index contributed by atoms with van der Waals surface area (Å²) in [5.41, 5.74) is 11.6. The van der Waals surface area contributed by atoms with Gasteiger partial charge in [0.05, 0.1) is 5.41 Å². The predicted molar refractivity (Wildman–Crippen MR) is 239 cm³/mol. The average molecular weight is 764 g/mol. The Morgan fingerprint density at radius 1 is 0.569 bits per heavy atom. The van der Waals surface area contributed by atoms with Crippen molar-refractivity contribution in [1.29, 1.82) is 0 Å². The molecule has 7 aromatic carbocycles. The second-order valence-corrected chi connectivity index (χ2v) is 15.9. The zero-order valence-corrected chi connectivity index (χ0v) is 32.9. The van der Waals surface area contributed by atoms with Crippen LogP contribution in [-0.4, -0.2) is 15.0 Å². The van der Waals surface area contributed by atoms with Crippen LogP contribution < -0.4 is 4.74 Å². The van der Waals surface area contributed by atoms with E-state index >= 15 is 0 Å². The molecule has 0 saturated carbocycles. The second-order valence-electron chi connectivity index (χ2n) is 14.8. The van der Waals surface area contributed by atoms with Crippen LogP contribution in [0.3, 0.4) is 0 Å². The number of hydrogen-bond donors (Lipinski definition) is 0. The Labute approximate surface area is 341 Å². The van der Waals surface area contributed by atoms with Crippen molar-refractivity contribution in [2.24, 2.45) is 0 Å². The lowest BCUT2D eigenvalue weighted by atomic mass is 9.66. The number of thiophene rings is 1. The van der Waals surface area contributed by atoms with Gasteiger partial charge in [-0.3, -0.25) is 0 Å². The van der Waals surface area contributed by atoms with E-state index < -0.39 is 5.41 Å². The van der Waals surface area contributed by atoms with Crippen LogP contribution in [0, 0.1) is 0 Å². The maximum atomic E-state index is 6.59. The van der Waals surface area contributed by atoms with Crippen molar-refractivity contribution in [2.75, 3.05) is 0 Å². The highest BCUT2D eigenvalue weighted by atomic mass is 32.1. The zero-order valence-electron chi connectivity index (χ0n) is 32.1. The summed E-state index contributed by atoms with van der Waals surface area (Å²) in [4.78, 5) is 15.8. The second kappa shape index (κ2) is 13.6. The fourth-order valence-electron chi connectivity index (χ4n) is 9.25. The van der Waals surface area contributed by atoms with E-state index in [9.17, 15) is 0 Å². The quantitative estimate of drug-likeness (QED) is 0.158. The molecule has 11 rings (SSSR count). The molecule has 2 aromatic heterocycles. The lowest BCUT2D eigenvalue weighted by Gasteiger charge is -2.39. The zero-order chi connectivity index (χ0) is 38.8. The summed E-state index contributed by atoms with van der Waals surface area (Å²) in [6.07, 6.45) is 7.18. The first-order valence-corrected chi connectivity index (χ1v) is 20.7. The summed E-state index contributed by atoms with van der Waals surface area (Å²) in [5.74, 6) is 3.67. The average Bonchev–Trinajstić information content (AvgIpc) is 3.81. The number of hydrogen-bond acceptors (Lipinski definition) is 5. The minimum atomic E-state index is -0.586. The van der Waals surface area contributed by atoms with Gasteiger partial charge in [-0.2, -0.15) is 0 Å². The molecule has 3 heterocycles. The van der Waals surface area contributed by atoms with Crippen molar-refractivity contribution < 1.29 is 4.74 Å². The molecule has 0 amide bonds. The minimum Gasteiger partial charge on any atom is -0.457 e. The fourth-order valence-corrected chi connectivity index (χ4v) is 10.5. The van der Waals surface area contributed by atoms with Crippen LogP contribution in [0.5, 0.6) is 11.5 Å². The molecule has 1 aliphatic carbocycles. The smallest absolute Gasteiger partial charge is 0.164 e. The molecule has 0 radical (unpaired) electrons. The summed E-state index contributed by atoms with van der Waals surface area (Å²) in [6, 6.07) is 56.3. The fraction of sp³-hybridized carbons (Fsp3) is 0.0755. The first-order chi connectivity index (χ1) is 28.7. The Morgan fingerprint density at radius 3 is 1.95 bits per heavy atom. The maximum absolute atomic E-state index is 6.59. The lowest BCUT2D eigenvalue weighted by Crippen LogP contribution is -2.32. The molecule has 1 spiro atoms. The molecule has 276 valence electrons. The standard InChI is InChI=1S/C53H37N3OS/c1-3-15-34(16-4-2)50-54-51(35-31-29-33(30-32-35)36-19-13-20-38-37-17-6-12-28-47(37)58-49(36)38)56-52(55-50)40-21-14-25-44-48(40)39-18-5-7-22-41(39)53(44)42-23-8-10-26-45(42)57-46-27-11-9-24-43(46)53/h3,5-32H,4H2,1-2H3/b15-3-,34-16+. The molecule has 5 heteroatoms. The van der Waals surface area contributed by atoms with E-state index in [0.717, 1.165) is 56.9 Å². The summed E-state index contributed by atoms with van der Waals surface area (Å²) < 4.78 is 9.19. The van der Waals surface area contributed by atoms with E-state index in [1.165, 1.54) is 42.4 Å². The molecule has 0 fully saturated rings. The van der Waals surface area contributed by atoms with Gasteiger partial charge in [-0.05, 0) is 64.9 Å². The number of nitrogens with zero attached hydrogens (tertiary/aromatic N) is 3. The predicted octanol–water partition coefficient (Wildman–Crippen LogP) is 14.1. The van der Waals surface area contributed by atoms with Crippen LogP contribution in [0.4, 0.5) is 0 Å². The largest absolute Gasteiger partial charge is 0.457 e. The van der Waals surface area contributed by atoms with Crippen molar-refractivity contribution in [2.45, 2.75) is 25.7 Å². The van der Waals surface area contributed by atoms with Gasteiger partial charge in [-0.1, -0.05) is 165 Å². The summed E-state index contributed by atoms with van der Waals surface area (Å²) in [7, 11) is 0. The minimum absolute atomic E-state index is 0.586. The lowest BCUT2D eigenvalue weighted by molar-refractivity contribution is 0.436. The van der Waals surface area contributed by atoms with Gasteiger partial charge >= 0.3 is 0 Å². The van der Waals surface area contributed by atoms with Crippen LogP contribution in [-0.2, 0) is 5.41 Å². The van der Waals surface area contributed by atoms with E-state index in [4.69, 9.17) is 19.7 Å². The molecule has 0 N–H and O–H groups in total. The van der Waals surface area contributed by atoms with Gasteiger partial charge < -0.3 is 4.74 Å². The number of ether oxygens (including phenoxy) is 1. The molecule has 58 heavy (non-hydrogen) atoms. The first-order valence-electron chi connectivity index (χ1n) is 19.9. The van der Waals surface area contributed by atoms with Gasteiger partial charge in [0.2, 0.25) is 0 Å². The molecule has 0 unspecified atom stereocenters. The highest BCUT2D eigenvalue weighted by Gasteiger charge is 2.51. The molecule has 2 aliphatic rings. The van der Waals surface area contributed by atoms with E-state index in [0.29, 0.717) is 17.5 Å². The molecule has 1 aliphatic heterocycles. The van der Waals surface area contributed by atoms with Crippen molar-refractivity contribution in [3.8, 4) is 56.5 Å². The van der Waals surface area contributed by atoms with E-state index in [2.05, 4.69) is 177 Å².